The zero-order valence-electron chi connectivity index (χ0n) is 7.80. The number of ketones is 1. The highest BCUT2D eigenvalue weighted by Crippen LogP contribution is 2.23. The number of carbonyl (C=O) groups excluding carboxylic acids is 1. The van der Waals surface area contributed by atoms with Gasteiger partial charge in [-0.15, -0.1) is 0 Å². The van der Waals surface area contributed by atoms with Gasteiger partial charge < -0.3 is 0 Å². The van der Waals surface area contributed by atoms with E-state index >= 15 is 0 Å². The zero-order chi connectivity index (χ0) is 12.5. The minimum absolute atomic E-state index is 1.18. The van der Waals surface area contributed by atoms with Gasteiger partial charge in [-0.1, -0.05) is 5.92 Å². The lowest BCUT2D eigenvalue weighted by molar-refractivity contribution is 0.104. The minimum Gasteiger partial charge on any atom is -0.279 e. The molecule has 1 rings (SSSR count). The SMILES string of the molecule is CC#CC(=O)c1c(F)c(F)c(F)c(F)c1F. The molecule has 0 amide bonds. The maximum atomic E-state index is 13.0. The van der Waals surface area contributed by atoms with Crippen molar-refractivity contribution in [1.82, 2.24) is 0 Å². The minimum atomic E-state index is -2.31. The predicted octanol–water partition coefficient (Wildman–Crippen LogP) is 2.59. The van der Waals surface area contributed by atoms with Crippen molar-refractivity contribution in [2.24, 2.45) is 0 Å². The van der Waals surface area contributed by atoms with Crippen LogP contribution in [0.25, 0.3) is 0 Å². The molecule has 0 atom stereocenters. The molecule has 84 valence electrons. The highest BCUT2D eigenvalue weighted by Gasteiger charge is 2.28. The van der Waals surface area contributed by atoms with Crippen LogP contribution in [-0.4, -0.2) is 5.78 Å². The molecule has 16 heavy (non-hydrogen) atoms. The van der Waals surface area contributed by atoms with E-state index in [-0.39, 0.29) is 0 Å². The Morgan fingerprint density at radius 2 is 1.25 bits per heavy atom. The van der Waals surface area contributed by atoms with Crippen molar-refractivity contribution in [3.8, 4) is 11.8 Å². The second kappa shape index (κ2) is 4.31. The van der Waals surface area contributed by atoms with Crippen LogP contribution in [0.4, 0.5) is 22.0 Å². The fraction of sp³-hybridized carbons (Fsp3) is 0.100. The molecular weight excluding hydrogens is 231 g/mol. The molecule has 0 fully saturated rings. The standard InChI is InChI=1S/C10H3F5O/c1-2-3-4(16)5-6(11)8(13)10(15)9(14)7(5)12/h1H3. The predicted molar refractivity (Wildman–Crippen MR) is 44.0 cm³/mol. The molecular formula is C10H3F5O. The third-order valence-electron chi connectivity index (χ3n) is 1.68. The number of hydrogen-bond acceptors (Lipinski definition) is 1. The van der Waals surface area contributed by atoms with E-state index in [4.69, 9.17) is 0 Å². The van der Waals surface area contributed by atoms with Crippen LogP contribution in [-0.2, 0) is 0 Å². The number of rotatable bonds is 1. The summed E-state index contributed by atoms with van der Waals surface area (Å²) in [6, 6.07) is 0. The molecule has 0 saturated carbocycles. The van der Waals surface area contributed by atoms with Gasteiger partial charge >= 0.3 is 0 Å². The summed E-state index contributed by atoms with van der Waals surface area (Å²) in [6.07, 6.45) is 0. The molecule has 0 heterocycles. The molecule has 1 aromatic carbocycles. The molecule has 0 aromatic heterocycles. The number of carbonyl (C=O) groups is 1. The van der Waals surface area contributed by atoms with Crippen LogP contribution in [0.2, 0.25) is 0 Å². The normalized spacial score (nSPS) is 9.62. The quantitative estimate of drug-likeness (QED) is 0.182. The Balaban J connectivity index is 3.62. The first-order valence-corrected chi connectivity index (χ1v) is 3.90. The van der Waals surface area contributed by atoms with E-state index in [9.17, 15) is 26.7 Å². The molecule has 0 aliphatic heterocycles. The molecule has 0 N–H and O–H groups in total. The molecule has 1 aromatic rings. The van der Waals surface area contributed by atoms with E-state index in [1.54, 1.807) is 5.92 Å². The summed E-state index contributed by atoms with van der Waals surface area (Å²) in [5.74, 6) is -8.76. The van der Waals surface area contributed by atoms with Gasteiger partial charge in [-0.05, 0) is 12.8 Å². The average Bonchev–Trinajstić information content (AvgIpc) is 2.24. The molecule has 0 radical (unpaired) electrons. The number of benzene rings is 1. The highest BCUT2D eigenvalue weighted by molar-refractivity contribution is 6.09. The van der Waals surface area contributed by atoms with Crippen LogP contribution >= 0.6 is 0 Å². The van der Waals surface area contributed by atoms with Crippen LogP contribution in [0.1, 0.15) is 17.3 Å². The summed E-state index contributed by atoms with van der Waals surface area (Å²) in [5.41, 5.74) is -1.54. The summed E-state index contributed by atoms with van der Waals surface area (Å²) >= 11 is 0. The topological polar surface area (TPSA) is 17.1 Å². The molecule has 1 nitrogen and oxygen atoms in total. The van der Waals surface area contributed by atoms with Gasteiger partial charge in [0.25, 0.3) is 0 Å². The molecule has 6 heteroatoms. The molecule has 0 bridgehead atoms. The summed E-state index contributed by atoms with van der Waals surface area (Å²) < 4.78 is 63.8. The van der Waals surface area contributed by atoms with Crippen molar-refractivity contribution < 1.29 is 26.7 Å². The second-order valence-electron chi connectivity index (χ2n) is 2.65. The van der Waals surface area contributed by atoms with Gasteiger partial charge in [0, 0.05) is 0 Å². The first-order chi connectivity index (χ1) is 7.41. The molecule has 0 unspecified atom stereocenters. The van der Waals surface area contributed by atoms with Gasteiger partial charge in [0.05, 0.1) is 0 Å². The van der Waals surface area contributed by atoms with Crippen molar-refractivity contribution in [1.29, 1.82) is 0 Å². The highest BCUT2D eigenvalue weighted by atomic mass is 19.2. The first kappa shape index (κ1) is 12.2. The van der Waals surface area contributed by atoms with Crippen molar-refractivity contribution in [2.45, 2.75) is 6.92 Å². The van der Waals surface area contributed by atoms with E-state index in [0.29, 0.717) is 0 Å². The number of halogens is 5. The lowest BCUT2D eigenvalue weighted by Gasteiger charge is -2.03. The van der Waals surface area contributed by atoms with Gasteiger partial charge in [-0.2, -0.15) is 0 Å². The van der Waals surface area contributed by atoms with Gasteiger partial charge in [0.2, 0.25) is 11.6 Å². The Kier molecular flexibility index (Phi) is 3.28. The number of hydrogen-bond donors (Lipinski definition) is 0. The van der Waals surface area contributed by atoms with Crippen molar-refractivity contribution in [3.63, 3.8) is 0 Å². The van der Waals surface area contributed by atoms with E-state index in [1.165, 1.54) is 6.92 Å². The Labute approximate surface area is 86.9 Å². The summed E-state index contributed by atoms with van der Waals surface area (Å²) in [4.78, 5) is 11.0. The van der Waals surface area contributed by atoms with E-state index in [2.05, 4.69) is 0 Å². The maximum Gasteiger partial charge on any atom is 0.242 e. The molecule has 0 saturated heterocycles. The van der Waals surface area contributed by atoms with Crippen LogP contribution in [0.15, 0.2) is 0 Å². The molecule has 0 aliphatic carbocycles. The molecule has 0 aliphatic rings. The lowest BCUT2D eigenvalue weighted by Crippen LogP contribution is -2.11. The fourth-order valence-corrected chi connectivity index (χ4v) is 0.980. The third-order valence-corrected chi connectivity index (χ3v) is 1.68. The van der Waals surface area contributed by atoms with Gasteiger partial charge in [0.15, 0.2) is 23.3 Å². The van der Waals surface area contributed by atoms with Crippen LogP contribution in [0.3, 0.4) is 0 Å². The third kappa shape index (κ3) is 1.76. The van der Waals surface area contributed by atoms with Crippen LogP contribution in [0, 0.1) is 40.9 Å². The largest absolute Gasteiger partial charge is 0.279 e. The maximum absolute atomic E-state index is 13.0. The Bertz CT molecular complexity index is 495. The van der Waals surface area contributed by atoms with Crippen molar-refractivity contribution in [3.05, 3.63) is 34.6 Å². The second-order valence-corrected chi connectivity index (χ2v) is 2.65. The smallest absolute Gasteiger partial charge is 0.242 e. The van der Waals surface area contributed by atoms with Crippen molar-refractivity contribution in [2.75, 3.05) is 0 Å². The number of Topliss-reactive ketones (excluding diaryl/α,β-unsaturated/α-hetero) is 1. The Hall–Kier alpha value is -1.90. The van der Waals surface area contributed by atoms with Gasteiger partial charge in [-0.3, -0.25) is 4.79 Å². The van der Waals surface area contributed by atoms with Gasteiger partial charge in [-0.25, -0.2) is 22.0 Å². The average molecular weight is 234 g/mol. The van der Waals surface area contributed by atoms with Gasteiger partial charge in [0.1, 0.15) is 5.56 Å². The fourth-order valence-electron chi connectivity index (χ4n) is 0.980. The zero-order valence-corrected chi connectivity index (χ0v) is 7.80. The molecule has 0 spiro atoms. The summed E-state index contributed by atoms with van der Waals surface area (Å²) in [5, 5.41) is 0. The van der Waals surface area contributed by atoms with Crippen LogP contribution in [0.5, 0.6) is 0 Å². The summed E-state index contributed by atoms with van der Waals surface area (Å²) in [6.45, 7) is 1.18. The van der Waals surface area contributed by atoms with E-state index in [0.717, 1.165) is 0 Å². The monoisotopic (exact) mass is 234 g/mol. The van der Waals surface area contributed by atoms with E-state index in [1.807, 2.05) is 5.92 Å². The lowest BCUT2D eigenvalue weighted by atomic mass is 10.1. The van der Waals surface area contributed by atoms with E-state index < -0.39 is 40.4 Å². The van der Waals surface area contributed by atoms with Crippen LogP contribution < -0.4 is 0 Å². The first-order valence-electron chi connectivity index (χ1n) is 3.90. The summed E-state index contributed by atoms with van der Waals surface area (Å²) in [7, 11) is 0. The Morgan fingerprint density at radius 3 is 1.62 bits per heavy atom. The van der Waals surface area contributed by atoms with Crippen molar-refractivity contribution >= 4 is 5.78 Å². The Morgan fingerprint density at radius 1 is 0.875 bits per heavy atom.